The van der Waals surface area contributed by atoms with Crippen LogP contribution in [0.4, 0.5) is 5.69 Å². The minimum Gasteiger partial charge on any atom is -0.493 e. The van der Waals surface area contributed by atoms with Gasteiger partial charge in [-0.05, 0) is 12.1 Å². The third-order valence-corrected chi connectivity index (χ3v) is 2.99. The first-order chi connectivity index (χ1) is 9.36. The van der Waals surface area contributed by atoms with Crippen molar-refractivity contribution >= 4 is 11.4 Å². The fourth-order valence-corrected chi connectivity index (χ4v) is 2.12. The number of aliphatic hydroxyl groups is 1. The summed E-state index contributed by atoms with van der Waals surface area (Å²) in [6.07, 6.45) is 3.62. The third-order valence-electron chi connectivity index (χ3n) is 2.99. The van der Waals surface area contributed by atoms with Crippen LogP contribution in [0.15, 0.2) is 78.9 Å². The van der Waals surface area contributed by atoms with Crippen molar-refractivity contribution in [3.05, 3.63) is 84.5 Å². The molecule has 19 heavy (non-hydrogen) atoms. The zero-order valence-electron chi connectivity index (χ0n) is 10.3. The van der Waals surface area contributed by atoms with Gasteiger partial charge in [-0.2, -0.15) is 0 Å². The molecule has 0 bridgehead atoms. The Morgan fingerprint density at radius 3 is 2.16 bits per heavy atom. The van der Waals surface area contributed by atoms with E-state index in [2.05, 4.69) is 5.32 Å². The number of anilines is 1. The number of nitrogens with zero attached hydrogens (tertiary/aromatic N) is 1. The van der Waals surface area contributed by atoms with Crippen LogP contribution < -0.4 is 10.2 Å². The Morgan fingerprint density at radius 2 is 1.47 bits per heavy atom. The molecule has 0 radical (unpaired) electrons. The van der Waals surface area contributed by atoms with Gasteiger partial charge in [-0.15, -0.1) is 0 Å². The topological polar surface area (TPSA) is 35.5 Å². The molecule has 2 aromatic carbocycles. The van der Waals surface area contributed by atoms with E-state index in [0.29, 0.717) is 0 Å². The van der Waals surface area contributed by atoms with E-state index in [4.69, 9.17) is 0 Å². The molecule has 0 unspecified atom stereocenters. The van der Waals surface area contributed by atoms with Gasteiger partial charge < -0.3 is 15.3 Å². The summed E-state index contributed by atoms with van der Waals surface area (Å²) in [7, 11) is 0. The van der Waals surface area contributed by atoms with Gasteiger partial charge in [-0.3, -0.25) is 0 Å². The summed E-state index contributed by atoms with van der Waals surface area (Å²) in [5.74, 6) is 0.151. The largest absolute Gasteiger partial charge is 0.493 e. The maximum Gasteiger partial charge on any atom is 0.213 e. The Balaban J connectivity index is 2.08. The monoisotopic (exact) mass is 250 g/mol. The molecule has 0 aromatic heterocycles. The van der Waals surface area contributed by atoms with Gasteiger partial charge in [-0.25, -0.2) is 0 Å². The summed E-state index contributed by atoms with van der Waals surface area (Å²) in [5, 5.41) is 13.0. The molecule has 0 fully saturated rings. The number of hydrogen-bond acceptors (Lipinski definition) is 3. The fourth-order valence-electron chi connectivity index (χ4n) is 2.12. The summed E-state index contributed by atoms with van der Waals surface area (Å²) >= 11 is 0. The SMILES string of the molecule is OC1=C(c2ccccc2)N(c2ccccc2)C=CN1. The number of rotatable bonds is 2. The van der Waals surface area contributed by atoms with E-state index in [1.165, 1.54) is 0 Å². The lowest BCUT2D eigenvalue weighted by Crippen LogP contribution is -2.25. The predicted octanol–water partition coefficient (Wildman–Crippen LogP) is 3.45. The first-order valence-corrected chi connectivity index (χ1v) is 6.12. The summed E-state index contributed by atoms with van der Waals surface area (Å²) in [5.41, 5.74) is 2.71. The second kappa shape index (κ2) is 4.90. The van der Waals surface area contributed by atoms with E-state index in [9.17, 15) is 5.11 Å². The van der Waals surface area contributed by atoms with Crippen molar-refractivity contribution in [1.82, 2.24) is 5.32 Å². The highest BCUT2D eigenvalue weighted by molar-refractivity contribution is 5.83. The van der Waals surface area contributed by atoms with E-state index in [1.54, 1.807) is 6.20 Å². The summed E-state index contributed by atoms with van der Waals surface area (Å²) in [6, 6.07) is 19.8. The van der Waals surface area contributed by atoms with Crippen LogP contribution in [-0.2, 0) is 0 Å². The molecule has 2 aromatic rings. The van der Waals surface area contributed by atoms with Gasteiger partial charge in [0.1, 0.15) is 5.70 Å². The van der Waals surface area contributed by atoms with Gasteiger partial charge in [0.15, 0.2) is 0 Å². The molecule has 0 spiro atoms. The van der Waals surface area contributed by atoms with Crippen molar-refractivity contribution in [3.63, 3.8) is 0 Å². The Hall–Kier alpha value is -2.68. The van der Waals surface area contributed by atoms with Crippen LogP contribution in [0.25, 0.3) is 5.70 Å². The smallest absolute Gasteiger partial charge is 0.213 e. The molecule has 0 aliphatic carbocycles. The summed E-state index contributed by atoms with van der Waals surface area (Å²) < 4.78 is 0. The summed E-state index contributed by atoms with van der Waals surface area (Å²) in [6.45, 7) is 0. The Morgan fingerprint density at radius 1 is 0.842 bits per heavy atom. The van der Waals surface area contributed by atoms with E-state index in [1.807, 2.05) is 71.8 Å². The third kappa shape index (κ3) is 2.18. The molecule has 0 atom stereocenters. The molecule has 1 aliphatic rings. The van der Waals surface area contributed by atoms with Crippen LogP contribution in [-0.4, -0.2) is 5.11 Å². The molecule has 94 valence electrons. The van der Waals surface area contributed by atoms with E-state index in [0.717, 1.165) is 16.9 Å². The predicted molar refractivity (Wildman–Crippen MR) is 77.2 cm³/mol. The van der Waals surface area contributed by atoms with Crippen LogP contribution >= 0.6 is 0 Å². The first kappa shape index (κ1) is 11.4. The molecule has 0 saturated heterocycles. The number of benzene rings is 2. The molecule has 1 aliphatic heterocycles. The lowest BCUT2D eigenvalue weighted by Gasteiger charge is -2.27. The standard InChI is InChI=1S/C16H14N2O/c19-16-15(13-7-3-1-4-8-13)18(12-11-17-16)14-9-5-2-6-10-14/h1-12,17,19H. The maximum atomic E-state index is 10.1. The number of para-hydroxylation sites is 1. The van der Waals surface area contributed by atoms with Crippen LogP contribution in [0.3, 0.4) is 0 Å². The van der Waals surface area contributed by atoms with Crippen molar-refractivity contribution in [1.29, 1.82) is 0 Å². The van der Waals surface area contributed by atoms with Gasteiger partial charge in [0.05, 0.1) is 0 Å². The normalized spacial score (nSPS) is 14.4. The maximum absolute atomic E-state index is 10.1. The lowest BCUT2D eigenvalue weighted by molar-refractivity contribution is 0.382. The Kier molecular flexibility index (Phi) is 2.94. The molecule has 0 amide bonds. The Labute approximate surface area is 112 Å². The fraction of sp³-hybridized carbons (Fsp3) is 0. The van der Waals surface area contributed by atoms with Gasteiger partial charge >= 0.3 is 0 Å². The zero-order valence-corrected chi connectivity index (χ0v) is 10.3. The number of aliphatic hydroxyl groups excluding tert-OH is 1. The van der Waals surface area contributed by atoms with Gasteiger partial charge in [-0.1, -0.05) is 48.5 Å². The van der Waals surface area contributed by atoms with Crippen molar-refractivity contribution in [2.24, 2.45) is 0 Å². The highest BCUT2D eigenvalue weighted by atomic mass is 16.3. The van der Waals surface area contributed by atoms with Crippen LogP contribution in [0.1, 0.15) is 5.56 Å². The first-order valence-electron chi connectivity index (χ1n) is 6.12. The van der Waals surface area contributed by atoms with Crippen LogP contribution in [0.5, 0.6) is 0 Å². The highest BCUT2D eigenvalue weighted by Crippen LogP contribution is 2.29. The van der Waals surface area contributed by atoms with Gasteiger partial charge in [0.25, 0.3) is 0 Å². The van der Waals surface area contributed by atoms with E-state index in [-0.39, 0.29) is 5.88 Å². The molecule has 3 nitrogen and oxygen atoms in total. The van der Waals surface area contributed by atoms with Gasteiger partial charge in [0, 0.05) is 23.7 Å². The molecular weight excluding hydrogens is 236 g/mol. The van der Waals surface area contributed by atoms with Crippen molar-refractivity contribution in [3.8, 4) is 0 Å². The minimum atomic E-state index is 0.151. The number of hydrogen-bond donors (Lipinski definition) is 2. The zero-order chi connectivity index (χ0) is 13.1. The van der Waals surface area contributed by atoms with Crippen molar-refractivity contribution in [2.45, 2.75) is 0 Å². The van der Waals surface area contributed by atoms with Crippen LogP contribution in [0, 0.1) is 0 Å². The molecule has 1 heterocycles. The molecule has 0 saturated carbocycles. The van der Waals surface area contributed by atoms with E-state index < -0.39 is 0 Å². The second-order valence-corrected chi connectivity index (χ2v) is 4.23. The highest BCUT2D eigenvalue weighted by Gasteiger charge is 2.19. The lowest BCUT2D eigenvalue weighted by atomic mass is 10.1. The minimum absolute atomic E-state index is 0.151. The molecule has 3 rings (SSSR count). The van der Waals surface area contributed by atoms with Crippen molar-refractivity contribution < 1.29 is 5.11 Å². The molecule has 2 N–H and O–H groups in total. The quantitative estimate of drug-likeness (QED) is 0.857. The average molecular weight is 250 g/mol. The number of nitrogens with one attached hydrogen (secondary N) is 1. The van der Waals surface area contributed by atoms with Crippen LogP contribution in [0.2, 0.25) is 0 Å². The van der Waals surface area contributed by atoms with E-state index >= 15 is 0 Å². The second-order valence-electron chi connectivity index (χ2n) is 4.23. The summed E-state index contributed by atoms with van der Waals surface area (Å²) in [4.78, 5) is 1.96. The molecular formula is C16H14N2O. The Bertz CT molecular complexity index is 618. The van der Waals surface area contributed by atoms with Gasteiger partial charge in [0.2, 0.25) is 5.88 Å². The molecule has 3 heteroatoms. The van der Waals surface area contributed by atoms with Crippen molar-refractivity contribution in [2.75, 3.05) is 4.90 Å². The average Bonchev–Trinajstić information content (AvgIpc) is 2.49.